The van der Waals surface area contributed by atoms with Crippen molar-refractivity contribution in [1.82, 2.24) is 5.32 Å². The number of hydrogen-bond acceptors (Lipinski definition) is 3. The summed E-state index contributed by atoms with van der Waals surface area (Å²) in [5.74, 6) is 0.643. The van der Waals surface area contributed by atoms with E-state index in [-0.39, 0.29) is 11.8 Å². The van der Waals surface area contributed by atoms with Crippen LogP contribution in [-0.2, 0) is 15.6 Å². The standard InChI is InChI=1S/C13H20N2O2S/c1-10(11-3-5-12(14)6-4-11)9-13(16)15-7-8-18(2)17/h3-6,10H,7-9,14H2,1-2H3,(H,15,16). The van der Waals surface area contributed by atoms with E-state index in [9.17, 15) is 9.00 Å². The summed E-state index contributed by atoms with van der Waals surface area (Å²) in [7, 11) is -0.862. The number of rotatable bonds is 6. The highest BCUT2D eigenvalue weighted by Crippen LogP contribution is 2.19. The predicted octanol–water partition coefficient (Wildman–Crippen LogP) is 1.26. The monoisotopic (exact) mass is 268 g/mol. The van der Waals surface area contributed by atoms with Gasteiger partial charge in [0.1, 0.15) is 0 Å². The first-order valence-electron chi connectivity index (χ1n) is 5.91. The van der Waals surface area contributed by atoms with Gasteiger partial charge >= 0.3 is 0 Å². The fourth-order valence-corrected chi connectivity index (χ4v) is 2.02. The molecule has 1 aromatic rings. The molecule has 0 saturated heterocycles. The number of amides is 1. The number of carbonyl (C=O) groups excluding carboxylic acids is 1. The topological polar surface area (TPSA) is 72.2 Å². The van der Waals surface area contributed by atoms with Crippen LogP contribution in [-0.4, -0.2) is 28.7 Å². The van der Waals surface area contributed by atoms with Gasteiger partial charge in [0, 0.05) is 41.5 Å². The van der Waals surface area contributed by atoms with Gasteiger partial charge in [0.2, 0.25) is 5.91 Å². The van der Waals surface area contributed by atoms with Gasteiger partial charge in [-0.25, -0.2) is 0 Å². The molecule has 0 spiro atoms. The Balaban J connectivity index is 2.39. The zero-order valence-corrected chi connectivity index (χ0v) is 11.6. The van der Waals surface area contributed by atoms with E-state index >= 15 is 0 Å². The van der Waals surface area contributed by atoms with Crippen LogP contribution in [0.25, 0.3) is 0 Å². The Labute approximate surface area is 110 Å². The van der Waals surface area contributed by atoms with Gasteiger partial charge in [0.25, 0.3) is 0 Å². The summed E-state index contributed by atoms with van der Waals surface area (Å²) in [6.45, 7) is 2.47. The Morgan fingerprint density at radius 2 is 2.00 bits per heavy atom. The van der Waals surface area contributed by atoms with E-state index in [1.165, 1.54) is 0 Å². The summed E-state index contributed by atoms with van der Waals surface area (Å²) >= 11 is 0. The molecule has 3 N–H and O–H groups in total. The summed E-state index contributed by atoms with van der Waals surface area (Å²) in [5, 5.41) is 2.77. The molecule has 0 saturated carbocycles. The second kappa shape index (κ2) is 7.16. The smallest absolute Gasteiger partial charge is 0.220 e. The molecular weight excluding hydrogens is 248 g/mol. The minimum Gasteiger partial charge on any atom is -0.399 e. The lowest BCUT2D eigenvalue weighted by atomic mass is 9.97. The van der Waals surface area contributed by atoms with Crippen LogP contribution in [0, 0.1) is 0 Å². The molecule has 0 aliphatic heterocycles. The fraction of sp³-hybridized carbons (Fsp3) is 0.462. The van der Waals surface area contributed by atoms with Crippen molar-refractivity contribution in [1.29, 1.82) is 0 Å². The van der Waals surface area contributed by atoms with Crippen molar-refractivity contribution in [2.75, 3.05) is 24.3 Å². The second-order valence-corrected chi connectivity index (χ2v) is 5.95. The highest BCUT2D eigenvalue weighted by atomic mass is 32.2. The summed E-state index contributed by atoms with van der Waals surface area (Å²) in [6.07, 6.45) is 2.06. The lowest BCUT2D eigenvalue weighted by molar-refractivity contribution is -0.121. The van der Waals surface area contributed by atoms with E-state index < -0.39 is 10.8 Å². The molecule has 0 heterocycles. The van der Waals surface area contributed by atoms with Gasteiger partial charge < -0.3 is 11.1 Å². The minimum atomic E-state index is -0.862. The molecule has 0 aliphatic rings. The Kier molecular flexibility index (Phi) is 5.85. The van der Waals surface area contributed by atoms with E-state index in [1.54, 1.807) is 6.26 Å². The molecule has 2 unspecified atom stereocenters. The van der Waals surface area contributed by atoms with Crippen molar-refractivity contribution < 1.29 is 9.00 Å². The molecule has 1 aromatic carbocycles. The van der Waals surface area contributed by atoms with Gasteiger partial charge in [0.05, 0.1) is 0 Å². The number of anilines is 1. The SMILES string of the molecule is CC(CC(=O)NCCS(C)=O)c1ccc(N)cc1. The molecule has 5 heteroatoms. The number of nitrogens with two attached hydrogens (primary N) is 1. The molecular formula is C13H20N2O2S. The lowest BCUT2D eigenvalue weighted by Crippen LogP contribution is -2.28. The second-order valence-electron chi connectivity index (χ2n) is 4.40. The Hall–Kier alpha value is -1.36. The zero-order chi connectivity index (χ0) is 13.5. The van der Waals surface area contributed by atoms with Crippen molar-refractivity contribution >= 4 is 22.4 Å². The average Bonchev–Trinajstić information content (AvgIpc) is 2.29. The molecule has 0 radical (unpaired) electrons. The van der Waals surface area contributed by atoms with Gasteiger partial charge in [0.15, 0.2) is 0 Å². The van der Waals surface area contributed by atoms with E-state index in [4.69, 9.17) is 5.73 Å². The molecule has 18 heavy (non-hydrogen) atoms. The molecule has 0 fully saturated rings. The van der Waals surface area contributed by atoms with Crippen molar-refractivity contribution in [2.24, 2.45) is 0 Å². The molecule has 100 valence electrons. The van der Waals surface area contributed by atoms with Crippen LogP contribution in [0.5, 0.6) is 0 Å². The number of carbonyl (C=O) groups is 1. The highest BCUT2D eigenvalue weighted by molar-refractivity contribution is 7.84. The van der Waals surface area contributed by atoms with Crippen LogP contribution >= 0.6 is 0 Å². The average molecular weight is 268 g/mol. The van der Waals surface area contributed by atoms with Crippen molar-refractivity contribution in [2.45, 2.75) is 19.3 Å². The van der Waals surface area contributed by atoms with Gasteiger partial charge in [-0.1, -0.05) is 19.1 Å². The van der Waals surface area contributed by atoms with Gasteiger partial charge in [-0.05, 0) is 23.6 Å². The maximum Gasteiger partial charge on any atom is 0.220 e. The molecule has 1 rings (SSSR count). The third-order valence-corrected chi connectivity index (χ3v) is 3.49. The first-order chi connectivity index (χ1) is 8.49. The van der Waals surface area contributed by atoms with Crippen molar-refractivity contribution in [3.8, 4) is 0 Å². The third-order valence-electron chi connectivity index (χ3n) is 2.71. The van der Waals surface area contributed by atoms with E-state index in [0.29, 0.717) is 18.7 Å². The lowest BCUT2D eigenvalue weighted by Gasteiger charge is -2.12. The zero-order valence-electron chi connectivity index (χ0n) is 10.8. The molecule has 0 aliphatic carbocycles. The normalized spacial score (nSPS) is 13.9. The van der Waals surface area contributed by atoms with Crippen LogP contribution in [0.2, 0.25) is 0 Å². The Morgan fingerprint density at radius 3 is 2.56 bits per heavy atom. The maximum absolute atomic E-state index is 11.6. The van der Waals surface area contributed by atoms with Crippen LogP contribution in [0.15, 0.2) is 24.3 Å². The minimum absolute atomic E-state index is 0.00947. The van der Waals surface area contributed by atoms with Crippen molar-refractivity contribution in [3.63, 3.8) is 0 Å². The van der Waals surface area contributed by atoms with Crippen LogP contribution < -0.4 is 11.1 Å². The highest BCUT2D eigenvalue weighted by Gasteiger charge is 2.10. The summed E-state index contributed by atoms with van der Waals surface area (Å²) < 4.78 is 10.8. The quantitative estimate of drug-likeness (QED) is 0.763. The first kappa shape index (κ1) is 14.7. The van der Waals surface area contributed by atoms with Crippen LogP contribution in [0.3, 0.4) is 0 Å². The molecule has 0 aromatic heterocycles. The van der Waals surface area contributed by atoms with Crippen LogP contribution in [0.4, 0.5) is 5.69 Å². The molecule has 0 bridgehead atoms. The van der Waals surface area contributed by atoms with Crippen molar-refractivity contribution in [3.05, 3.63) is 29.8 Å². The van der Waals surface area contributed by atoms with Gasteiger partial charge in [-0.15, -0.1) is 0 Å². The largest absolute Gasteiger partial charge is 0.399 e. The number of hydrogen-bond donors (Lipinski definition) is 2. The molecule has 2 atom stereocenters. The maximum atomic E-state index is 11.6. The van der Waals surface area contributed by atoms with E-state index in [2.05, 4.69) is 5.32 Å². The summed E-state index contributed by atoms with van der Waals surface area (Å²) in [6, 6.07) is 7.55. The molecule has 4 nitrogen and oxygen atoms in total. The predicted molar refractivity (Wildman–Crippen MR) is 75.8 cm³/mol. The molecule has 1 amide bonds. The Bertz CT molecular complexity index is 418. The summed E-state index contributed by atoms with van der Waals surface area (Å²) in [4.78, 5) is 11.6. The Morgan fingerprint density at radius 1 is 1.39 bits per heavy atom. The fourth-order valence-electron chi connectivity index (χ4n) is 1.63. The van der Waals surface area contributed by atoms with Gasteiger partial charge in [-0.3, -0.25) is 9.00 Å². The number of nitrogens with one attached hydrogen (secondary N) is 1. The number of benzene rings is 1. The summed E-state index contributed by atoms with van der Waals surface area (Å²) in [5.41, 5.74) is 7.43. The first-order valence-corrected chi connectivity index (χ1v) is 7.64. The van der Waals surface area contributed by atoms with Crippen LogP contribution in [0.1, 0.15) is 24.8 Å². The third kappa shape index (κ3) is 5.31. The number of nitrogen functional groups attached to an aromatic ring is 1. The van der Waals surface area contributed by atoms with Gasteiger partial charge in [-0.2, -0.15) is 0 Å². The van der Waals surface area contributed by atoms with E-state index in [1.807, 2.05) is 31.2 Å². The van der Waals surface area contributed by atoms with E-state index in [0.717, 1.165) is 11.3 Å².